The molecule has 0 aliphatic carbocycles. The van der Waals surface area contributed by atoms with Gasteiger partial charge in [0.2, 0.25) is 0 Å². The molecular formula is C25H20F2N6O. The van der Waals surface area contributed by atoms with Crippen molar-refractivity contribution in [3.63, 3.8) is 0 Å². The van der Waals surface area contributed by atoms with Crippen molar-refractivity contribution < 1.29 is 13.5 Å². The molecule has 4 heterocycles. The molecule has 2 aromatic carbocycles. The van der Waals surface area contributed by atoms with Crippen LogP contribution < -0.4 is 4.90 Å². The third kappa shape index (κ3) is 3.63. The number of morpholine rings is 1. The van der Waals surface area contributed by atoms with Gasteiger partial charge in [0, 0.05) is 53.8 Å². The van der Waals surface area contributed by atoms with Gasteiger partial charge in [0.05, 0.1) is 41.8 Å². The lowest BCUT2D eigenvalue weighted by Gasteiger charge is -2.29. The summed E-state index contributed by atoms with van der Waals surface area (Å²) in [6, 6.07) is 10.1. The van der Waals surface area contributed by atoms with Crippen molar-refractivity contribution in [2.75, 3.05) is 31.2 Å². The maximum atomic E-state index is 15.0. The predicted octanol–water partition coefficient (Wildman–Crippen LogP) is 4.27. The number of ether oxygens (including phenoxy) is 1. The minimum atomic E-state index is -0.678. The topological polar surface area (TPSA) is 79.8 Å². The van der Waals surface area contributed by atoms with Crippen LogP contribution >= 0.6 is 0 Å². The summed E-state index contributed by atoms with van der Waals surface area (Å²) in [6.07, 6.45) is 4.99. The molecule has 5 aromatic rings. The summed E-state index contributed by atoms with van der Waals surface area (Å²) < 4.78 is 35.2. The van der Waals surface area contributed by atoms with Crippen LogP contribution in [0, 0.1) is 11.6 Å². The van der Waals surface area contributed by atoms with Crippen LogP contribution in [-0.2, 0) is 11.2 Å². The third-order valence-corrected chi connectivity index (χ3v) is 6.19. The molecule has 1 aliphatic rings. The molecule has 0 radical (unpaired) electrons. The van der Waals surface area contributed by atoms with Crippen LogP contribution in [0.3, 0.4) is 0 Å². The zero-order valence-corrected chi connectivity index (χ0v) is 18.1. The lowest BCUT2D eigenvalue weighted by Crippen LogP contribution is -2.36. The zero-order valence-electron chi connectivity index (χ0n) is 18.1. The number of aromatic amines is 1. The zero-order chi connectivity index (χ0) is 23.1. The lowest BCUT2D eigenvalue weighted by atomic mass is 10.00. The number of hydrogen-bond acceptors (Lipinski definition) is 6. The number of halogens is 2. The van der Waals surface area contributed by atoms with Gasteiger partial charge in [-0.25, -0.2) is 18.7 Å². The maximum absolute atomic E-state index is 15.0. The van der Waals surface area contributed by atoms with Gasteiger partial charge in [-0.2, -0.15) is 10.2 Å². The van der Waals surface area contributed by atoms with Gasteiger partial charge >= 0.3 is 0 Å². The molecular weight excluding hydrogens is 438 g/mol. The number of nitrogens with one attached hydrogen (secondary N) is 1. The molecule has 9 heteroatoms. The first-order valence-corrected chi connectivity index (χ1v) is 11.0. The summed E-state index contributed by atoms with van der Waals surface area (Å²) in [4.78, 5) is 14.1. The first-order chi connectivity index (χ1) is 16.7. The Morgan fingerprint density at radius 1 is 1.00 bits per heavy atom. The van der Waals surface area contributed by atoms with Gasteiger partial charge in [-0.1, -0.05) is 0 Å². The fraction of sp³-hybridized carbons (Fsp3) is 0.200. The SMILES string of the molecule is Fc1cc(F)c(-c2ncnc3cc(N4CCOCC4)ccc23)cc1Cc1nncc2cc[nH]c12. The van der Waals surface area contributed by atoms with Crippen LogP contribution in [0.2, 0.25) is 0 Å². The van der Waals surface area contributed by atoms with E-state index in [1.54, 1.807) is 12.4 Å². The Kier molecular flexibility index (Phi) is 5.10. The number of benzene rings is 2. The van der Waals surface area contributed by atoms with Gasteiger partial charge in [0.25, 0.3) is 0 Å². The quantitative estimate of drug-likeness (QED) is 0.433. The van der Waals surface area contributed by atoms with Crippen molar-refractivity contribution >= 4 is 27.5 Å². The molecule has 1 aliphatic heterocycles. The minimum Gasteiger partial charge on any atom is -0.378 e. The number of aromatic nitrogens is 5. The number of nitrogens with zero attached hydrogens (tertiary/aromatic N) is 5. The van der Waals surface area contributed by atoms with Gasteiger partial charge < -0.3 is 14.6 Å². The summed E-state index contributed by atoms with van der Waals surface area (Å²) in [5, 5.41) is 9.74. The van der Waals surface area contributed by atoms with Crippen LogP contribution in [0.1, 0.15) is 11.3 Å². The summed E-state index contributed by atoms with van der Waals surface area (Å²) in [5.41, 5.74) is 4.03. The van der Waals surface area contributed by atoms with Crippen molar-refractivity contribution in [2.24, 2.45) is 0 Å². The predicted molar refractivity (Wildman–Crippen MR) is 125 cm³/mol. The molecule has 1 N–H and O–H groups in total. The molecule has 0 amide bonds. The first-order valence-electron chi connectivity index (χ1n) is 11.0. The van der Waals surface area contributed by atoms with Gasteiger partial charge in [0.1, 0.15) is 18.0 Å². The third-order valence-electron chi connectivity index (χ3n) is 6.19. The van der Waals surface area contributed by atoms with E-state index in [1.807, 2.05) is 24.3 Å². The molecule has 34 heavy (non-hydrogen) atoms. The number of fused-ring (bicyclic) bond motifs is 2. The smallest absolute Gasteiger partial charge is 0.135 e. The molecule has 0 saturated carbocycles. The monoisotopic (exact) mass is 458 g/mol. The molecule has 0 spiro atoms. The molecule has 6 rings (SSSR count). The van der Waals surface area contributed by atoms with E-state index in [0.717, 1.165) is 35.7 Å². The molecule has 0 unspecified atom stereocenters. The Balaban J connectivity index is 1.42. The summed E-state index contributed by atoms with van der Waals surface area (Å²) >= 11 is 0. The molecule has 1 fully saturated rings. The normalized spacial score (nSPS) is 14.2. The van der Waals surface area contributed by atoms with Crippen LogP contribution in [0.4, 0.5) is 14.5 Å². The fourth-order valence-corrected chi connectivity index (χ4v) is 4.44. The highest BCUT2D eigenvalue weighted by Gasteiger charge is 2.18. The molecule has 3 aromatic heterocycles. The first kappa shape index (κ1) is 20.6. The second kappa shape index (κ2) is 8.42. The number of rotatable bonds is 4. The summed E-state index contributed by atoms with van der Waals surface area (Å²) in [5.74, 6) is -1.32. The summed E-state index contributed by atoms with van der Waals surface area (Å²) in [7, 11) is 0. The Labute approximate surface area is 193 Å². The lowest BCUT2D eigenvalue weighted by molar-refractivity contribution is 0.122. The highest BCUT2D eigenvalue weighted by molar-refractivity contribution is 5.94. The second-order valence-corrected chi connectivity index (χ2v) is 8.22. The van der Waals surface area contributed by atoms with Gasteiger partial charge in [-0.3, -0.25) is 0 Å². The average molecular weight is 458 g/mol. The largest absolute Gasteiger partial charge is 0.378 e. The van der Waals surface area contributed by atoms with E-state index in [-0.39, 0.29) is 12.0 Å². The average Bonchev–Trinajstić information content (AvgIpc) is 3.36. The minimum absolute atomic E-state index is 0.161. The van der Waals surface area contributed by atoms with E-state index in [4.69, 9.17) is 4.74 Å². The summed E-state index contributed by atoms with van der Waals surface area (Å²) in [6.45, 7) is 2.96. The van der Waals surface area contributed by atoms with E-state index >= 15 is 0 Å². The van der Waals surface area contributed by atoms with Gasteiger partial charge in [-0.15, -0.1) is 0 Å². The maximum Gasteiger partial charge on any atom is 0.135 e. The Bertz CT molecular complexity index is 1510. The van der Waals surface area contributed by atoms with Crippen LogP contribution in [0.25, 0.3) is 33.1 Å². The molecule has 0 atom stereocenters. The van der Waals surface area contributed by atoms with Gasteiger partial charge in [-0.05, 0) is 35.9 Å². The molecule has 1 saturated heterocycles. The van der Waals surface area contributed by atoms with Crippen molar-refractivity contribution in [1.82, 2.24) is 25.1 Å². The van der Waals surface area contributed by atoms with Crippen LogP contribution in [0.15, 0.2) is 55.1 Å². The Hall–Kier alpha value is -3.98. The molecule has 7 nitrogen and oxygen atoms in total. The Morgan fingerprint density at radius 3 is 2.76 bits per heavy atom. The van der Waals surface area contributed by atoms with E-state index in [9.17, 15) is 8.78 Å². The second-order valence-electron chi connectivity index (χ2n) is 8.22. The van der Waals surface area contributed by atoms with Crippen molar-refractivity contribution in [3.05, 3.63) is 78.0 Å². The van der Waals surface area contributed by atoms with Crippen molar-refractivity contribution in [2.45, 2.75) is 6.42 Å². The van der Waals surface area contributed by atoms with E-state index in [0.29, 0.717) is 41.1 Å². The van der Waals surface area contributed by atoms with E-state index in [1.165, 1.54) is 12.4 Å². The fourth-order valence-electron chi connectivity index (χ4n) is 4.44. The van der Waals surface area contributed by atoms with Crippen LogP contribution in [0.5, 0.6) is 0 Å². The highest BCUT2D eigenvalue weighted by atomic mass is 19.1. The van der Waals surface area contributed by atoms with Crippen molar-refractivity contribution in [3.8, 4) is 11.3 Å². The standard InChI is InChI=1S/C25H20F2N6O/c26-20-12-21(27)19(9-16(20)10-23-24-15(3-4-28-24)13-31-32-23)25-18-2-1-17(11-22(18)29-14-30-25)33-5-7-34-8-6-33/h1-4,9,11-14,28H,5-8,10H2. The van der Waals surface area contributed by atoms with E-state index in [2.05, 4.69) is 30.0 Å². The number of H-pyrrole nitrogens is 1. The van der Waals surface area contributed by atoms with Gasteiger partial charge in [0.15, 0.2) is 0 Å². The number of anilines is 1. The van der Waals surface area contributed by atoms with Crippen molar-refractivity contribution in [1.29, 1.82) is 0 Å². The molecule has 0 bridgehead atoms. The number of hydrogen-bond donors (Lipinski definition) is 1. The van der Waals surface area contributed by atoms with E-state index < -0.39 is 11.6 Å². The molecule has 170 valence electrons. The Morgan fingerprint density at radius 2 is 1.88 bits per heavy atom. The highest BCUT2D eigenvalue weighted by Crippen LogP contribution is 2.32. The van der Waals surface area contributed by atoms with Crippen LogP contribution in [-0.4, -0.2) is 51.5 Å².